The smallest absolute Gasteiger partial charge is 0.234 e. The Hall–Kier alpha value is -0.870. The van der Waals surface area contributed by atoms with Gasteiger partial charge in [0.1, 0.15) is 0 Å². The van der Waals surface area contributed by atoms with Gasteiger partial charge in [-0.25, -0.2) is 0 Å². The first-order valence-corrected chi connectivity index (χ1v) is 8.06. The summed E-state index contributed by atoms with van der Waals surface area (Å²) in [7, 11) is 2.07. The quantitative estimate of drug-likeness (QED) is 0.753. The molecule has 1 amide bonds. The fraction of sp³-hybridized carbons (Fsp3) is 0.812. The lowest BCUT2D eigenvalue weighted by atomic mass is 9.95. The number of carbonyl (C=O) groups excluding carboxylic acids is 1. The van der Waals surface area contributed by atoms with Crippen LogP contribution in [0.3, 0.4) is 0 Å². The van der Waals surface area contributed by atoms with Crippen molar-refractivity contribution >= 4 is 5.91 Å². The highest BCUT2D eigenvalue weighted by Gasteiger charge is 2.21. The number of rotatable bonds is 5. The summed E-state index contributed by atoms with van der Waals surface area (Å²) in [6.07, 6.45) is 9.47. The first kappa shape index (κ1) is 15.5. The Kier molecular flexibility index (Phi) is 6.05. The molecule has 1 aliphatic heterocycles. The van der Waals surface area contributed by atoms with Crippen LogP contribution in [-0.4, -0.2) is 49.6 Å². The minimum absolute atomic E-state index is 0.157. The normalized spacial score (nSPS) is 22.4. The summed E-state index contributed by atoms with van der Waals surface area (Å²) in [4.78, 5) is 14.4. The summed E-state index contributed by atoms with van der Waals surface area (Å²) in [5.41, 5.74) is 1.41. The zero-order valence-electron chi connectivity index (χ0n) is 13.0. The van der Waals surface area contributed by atoms with Gasteiger partial charge in [0, 0.05) is 12.1 Å². The summed E-state index contributed by atoms with van der Waals surface area (Å²) in [5, 5.41) is 6.52. The van der Waals surface area contributed by atoms with Crippen LogP contribution in [0.2, 0.25) is 0 Å². The second-order valence-corrected chi connectivity index (χ2v) is 6.21. The van der Waals surface area contributed by atoms with Crippen molar-refractivity contribution < 1.29 is 4.79 Å². The number of nitrogens with one attached hydrogen (secondary N) is 2. The molecule has 4 nitrogen and oxygen atoms in total. The van der Waals surface area contributed by atoms with E-state index in [0.29, 0.717) is 12.6 Å². The van der Waals surface area contributed by atoms with Crippen molar-refractivity contribution in [2.24, 2.45) is 0 Å². The predicted molar refractivity (Wildman–Crippen MR) is 82.7 cm³/mol. The molecule has 0 unspecified atom stereocenters. The number of hydrogen-bond donors (Lipinski definition) is 2. The lowest BCUT2D eigenvalue weighted by molar-refractivity contribution is -0.122. The average Bonchev–Trinajstić information content (AvgIpc) is 2.49. The third-order valence-corrected chi connectivity index (χ3v) is 4.58. The van der Waals surface area contributed by atoms with Gasteiger partial charge in [0.25, 0.3) is 0 Å². The molecule has 0 aromatic carbocycles. The molecule has 1 fully saturated rings. The molecular weight excluding hydrogens is 250 g/mol. The summed E-state index contributed by atoms with van der Waals surface area (Å²) in [6.45, 7) is 4.77. The van der Waals surface area contributed by atoms with Gasteiger partial charge in [0.05, 0.1) is 6.54 Å². The molecule has 2 aliphatic rings. The minimum atomic E-state index is 0.157. The molecule has 1 atom stereocenters. The molecule has 0 radical (unpaired) electrons. The highest BCUT2D eigenvalue weighted by Crippen LogP contribution is 2.20. The van der Waals surface area contributed by atoms with E-state index in [1.165, 1.54) is 24.8 Å². The number of nitrogens with zero attached hydrogens (tertiary/aromatic N) is 1. The Morgan fingerprint density at radius 3 is 2.85 bits per heavy atom. The van der Waals surface area contributed by atoms with Crippen molar-refractivity contribution in [2.45, 2.75) is 57.5 Å². The molecule has 1 heterocycles. The maximum atomic E-state index is 12.2. The Bertz CT molecular complexity index is 348. The largest absolute Gasteiger partial charge is 0.349 e. The first-order valence-electron chi connectivity index (χ1n) is 8.06. The van der Waals surface area contributed by atoms with Crippen LogP contribution in [0.15, 0.2) is 11.6 Å². The third kappa shape index (κ3) is 4.60. The van der Waals surface area contributed by atoms with Crippen LogP contribution in [-0.2, 0) is 4.79 Å². The molecule has 0 saturated carbocycles. The average molecular weight is 279 g/mol. The second kappa shape index (κ2) is 7.79. The van der Waals surface area contributed by atoms with Gasteiger partial charge in [0.2, 0.25) is 5.91 Å². The van der Waals surface area contributed by atoms with E-state index < -0.39 is 0 Å². The van der Waals surface area contributed by atoms with Crippen molar-refractivity contribution in [3.63, 3.8) is 0 Å². The highest BCUT2D eigenvalue weighted by molar-refractivity contribution is 5.78. The minimum Gasteiger partial charge on any atom is -0.349 e. The fourth-order valence-corrected chi connectivity index (χ4v) is 3.24. The van der Waals surface area contributed by atoms with E-state index in [-0.39, 0.29) is 11.9 Å². The number of hydrogen-bond acceptors (Lipinski definition) is 3. The number of allylic oxidation sites excluding steroid dienone is 1. The van der Waals surface area contributed by atoms with Gasteiger partial charge >= 0.3 is 0 Å². The van der Waals surface area contributed by atoms with Crippen molar-refractivity contribution in [3.8, 4) is 0 Å². The fourth-order valence-electron chi connectivity index (χ4n) is 3.24. The summed E-state index contributed by atoms with van der Waals surface area (Å²) in [5.74, 6) is 0.157. The summed E-state index contributed by atoms with van der Waals surface area (Å²) in [6, 6.07) is 0.746. The number of carbonyl (C=O) groups is 1. The lowest BCUT2D eigenvalue weighted by Crippen LogP contribution is -2.47. The van der Waals surface area contributed by atoms with Crippen molar-refractivity contribution in [1.29, 1.82) is 0 Å². The van der Waals surface area contributed by atoms with E-state index in [1.54, 1.807) is 0 Å². The van der Waals surface area contributed by atoms with E-state index in [1.807, 2.05) is 0 Å². The third-order valence-electron chi connectivity index (χ3n) is 4.58. The van der Waals surface area contributed by atoms with Gasteiger partial charge in [-0.1, -0.05) is 11.6 Å². The molecule has 0 spiro atoms. The van der Waals surface area contributed by atoms with E-state index in [2.05, 4.69) is 35.6 Å². The van der Waals surface area contributed by atoms with Gasteiger partial charge in [0.15, 0.2) is 0 Å². The van der Waals surface area contributed by atoms with Crippen molar-refractivity contribution in [2.75, 3.05) is 26.7 Å². The van der Waals surface area contributed by atoms with Gasteiger partial charge in [-0.3, -0.25) is 9.69 Å². The van der Waals surface area contributed by atoms with Gasteiger partial charge < -0.3 is 10.6 Å². The molecule has 2 rings (SSSR count). The molecule has 0 aromatic heterocycles. The Labute approximate surface area is 123 Å². The van der Waals surface area contributed by atoms with Gasteiger partial charge in [-0.05, 0) is 65.6 Å². The van der Waals surface area contributed by atoms with E-state index in [9.17, 15) is 4.79 Å². The molecule has 0 bridgehead atoms. The topological polar surface area (TPSA) is 44.4 Å². The molecule has 4 heteroatoms. The van der Waals surface area contributed by atoms with Crippen LogP contribution >= 0.6 is 0 Å². The van der Waals surface area contributed by atoms with Crippen LogP contribution in [0.1, 0.15) is 45.4 Å². The van der Waals surface area contributed by atoms with Gasteiger partial charge in [-0.2, -0.15) is 0 Å². The predicted octanol–water partition coefficient (Wildman–Crippen LogP) is 1.68. The molecule has 1 saturated heterocycles. The van der Waals surface area contributed by atoms with Gasteiger partial charge in [-0.15, -0.1) is 0 Å². The summed E-state index contributed by atoms with van der Waals surface area (Å²) >= 11 is 0. The van der Waals surface area contributed by atoms with E-state index >= 15 is 0 Å². The van der Waals surface area contributed by atoms with Crippen LogP contribution in [0, 0.1) is 0 Å². The molecule has 0 aromatic rings. The van der Waals surface area contributed by atoms with Crippen LogP contribution < -0.4 is 10.6 Å². The van der Waals surface area contributed by atoms with E-state index in [4.69, 9.17) is 0 Å². The Morgan fingerprint density at radius 2 is 2.20 bits per heavy atom. The number of likely N-dealkylation sites (N-methyl/N-ethyl adjacent to an activating group) is 1. The zero-order valence-corrected chi connectivity index (χ0v) is 13.0. The second-order valence-electron chi connectivity index (χ2n) is 6.21. The SMILES string of the molecule is C[C@H](NC(=O)CN(C)C1CCNCC1)C1=CCCCC1. The van der Waals surface area contributed by atoms with E-state index in [0.717, 1.165) is 32.4 Å². The number of piperidine rings is 1. The first-order chi connectivity index (χ1) is 9.66. The molecule has 20 heavy (non-hydrogen) atoms. The molecule has 2 N–H and O–H groups in total. The van der Waals surface area contributed by atoms with Crippen molar-refractivity contribution in [3.05, 3.63) is 11.6 Å². The number of amides is 1. The van der Waals surface area contributed by atoms with Crippen LogP contribution in [0.4, 0.5) is 0 Å². The zero-order chi connectivity index (χ0) is 14.4. The lowest BCUT2D eigenvalue weighted by Gasteiger charge is -2.31. The monoisotopic (exact) mass is 279 g/mol. The summed E-state index contributed by atoms with van der Waals surface area (Å²) < 4.78 is 0. The molecule has 114 valence electrons. The Balaban J connectivity index is 1.75. The maximum absolute atomic E-state index is 12.2. The van der Waals surface area contributed by atoms with Crippen LogP contribution in [0.5, 0.6) is 0 Å². The maximum Gasteiger partial charge on any atom is 0.234 e. The molecular formula is C16H29N3O. The van der Waals surface area contributed by atoms with Crippen LogP contribution in [0.25, 0.3) is 0 Å². The standard InChI is InChI=1S/C16H29N3O/c1-13(14-6-4-3-5-7-14)18-16(20)12-19(2)15-8-10-17-11-9-15/h6,13,15,17H,3-5,7-12H2,1-2H3,(H,18,20)/t13-/m0/s1. The molecule has 1 aliphatic carbocycles. The highest BCUT2D eigenvalue weighted by atomic mass is 16.2. The Morgan fingerprint density at radius 1 is 1.45 bits per heavy atom. The van der Waals surface area contributed by atoms with Crippen molar-refractivity contribution in [1.82, 2.24) is 15.5 Å².